The summed E-state index contributed by atoms with van der Waals surface area (Å²) in [4.78, 5) is 21.4. The molecular weight excluding hydrogens is 338 g/mol. The van der Waals surface area contributed by atoms with Crippen molar-refractivity contribution >= 4 is 5.91 Å². The van der Waals surface area contributed by atoms with Crippen molar-refractivity contribution < 1.29 is 9.53 Å². The van der Waals surface area contributed by atoms with Gasteiger partial charge in [0.25, 0.3) is 5.91 Å². The third-order valence-corrected chi connectivity index (χ3v) is 5.63. The summed E-state index contributed by atoms with van der Waals surface area (Å²) in [6, 6.07) is 9.97. The summed E-state index contributed by atoms with van der Waals surface area (Å²) in [5, 5.41) is 3.22. The molecule has 1 aliphatic rings. The van der Waals surface area contributed by atoms with Gasteiger partial charge in [-0.2, -0.15) is 0 Å². The van der Waals surface area contributed by atoms with Crippen LogP contribution in [0.25, 0.3) is 0 Å². The summed E-state index contributed by atoms with van der Waals surface area (Å²) in [6.07, 6.45) is 7.03. The van der Waals surface area contributed by atoms with Crippen LogP contribution in [0.5, 0.6) is 5.88 Å². The van der Waals surface area contributed by atoms with Crippen LogP contribution >= 0.6 is 0 Å². The van der Waals surface area contributed by atoms with Gasteiger partial charge in [-0.15, -0.1) is 0 Å². The Balaban J connectivity index is 1.57. The average molecular weight is 367 g/mol. The standard InChI is InChI=1S/C22H29N3O2/c1-4-19(25-22(26)18-12-13-21(27-3)23-14-18)16-8-10-17(11-9-16)20-7-5-6-15(2)24-20/h5-7,12-14,16-17,19H,4,8-11H2,1-3H3,(H,25,26). The summed E-state index contributed by atoms with van der Waals surface area (Å²) in [5.41, 5.74) is 2.88. The third kappa shape index (κ3) is 4.85. The van der Waals surface area contributed by atoms with Crippen molar-refractivity contribution in [2.45, 2.75) is 57.9 Å². The number of hydrogen-bond donors (Lipinski definition) is 1. The van der Waals surface area contributed by atoms with E-state index in [4.69, 9.17) is 9.72 Å². The van der Waals surface area contributed by atoms with E-state index in [1.54, 1.807) is 25.4 Å². The highest BCUT2D eigenvalue weighted by molar-refractivity contribution is 5.94. The molecule has 5 nitrogen and oxygen atoms in total. The van der Waals surface area contributed by atoms with Gasteiger partial charge in [-0.1, -0.05) is 13.0 Å². The first kappa shape index (κ1) is 19.3. The molecule has 1 aliphatic carbocycles. The molecule has 2 heterocycles. The van der Waals surface area contributed by atoms with Crippen molar-refractivity contribution in [3.8, 4) is 5.88 Å². The fourth-order valence-electron chi connectivity index (χ4n) is 4.05. The molecule has 1 amide bonds. The number of nitrogens with one attached hydrogen (secondary N) is 1. The molecule has 0 aromatic carbocycles. The van der Waals surface area contributed by atoms with Crippen LogP contribution in [-0.2, 0) is 0 Å². The van der Waals surface area contributed by atoms with Gasteiger partial charge in [0, 0.05) is 35.6 Å². The number of hydrogen-bond acceptors (Lipinski definition) is 4. The highest BCUT2D eigenvalue weighted by Gasteiger charge is 2.29. The summed E-state index contributed by atoms with van der Waals surface area (Å²) in [7, 11) is 1.57. The van der Waals surface area contributed by atoms with E-state index in [0.717, 1.165) is 37.8 Å². The first-order valence-corrected chi connectivity index (χ1v) is 9.85. The van der Waals surface area contributed by atoms with E-state index in [9.17, 15) is 4.79 Å². The topological polar surface area (TPSA) is 64.1 Å². The molecule has 1 fully saturated rings. The second-order valence-corrected chi connectivity index (χ2v) is 7.39. The lowest BCUT2D eigenvalue weighted by atomic mass is 9.76. The molecule has 3 rings (SSSR count). The average Bonchev–Trinajstić information content (AvgIpc) is 2.72. The number of methoxy groups -OCH3 is 1. The first-order chi connectivity index (χ1) is 13.1. The molecule has 0 spiro atoms. The Hall–Kier alpha value is -2.43. The maximum absolute atomic E-state index is 12.6. The Bertz CT molecular complexity index is 752. The highest BCUT2D eigenvalue weighted by Crippen LogP contribution is 2.37. The van der Waals surface area contributed by atoms with E-state index in [1.807, 2.05) is 13.0 Å². The van der Waals surface area contributed by atoms with Gasteiger partial charge in [-0.25, -0.2) is 4.98 Å². The van der Waals surface area contributed by atoms with E-state index in [2.05, 4.69) is 29.4 Å². The van der Waals surface area contributed by atoms with Crippen molar-refractivity contribution in [2.75, 3.05) is 7.11 Å². The Morgan fingerprint density at radius 2 is 2.00 bits per heavy atom. The Labute approximate surface area is 161 Å². The number of aryl methyl sites for hydroxylation is 1. The minimum Gasteiger partial charge on any atom is -0.481 e. The summed E-state index contributed by atoms with van der Waals surface area (Å²) < 4.78 is 5.05. The van der Waals surface area contributed by atoms with E-state index < -0.39 is 0 Å². The molecule has 0 aliphatic heterocycles. The van der Waals surface area contributed by atoms with Crippen LogP contribution in [0.1, 0.15) is 66.7 Å². The van der Waals surface area contributed by atoms with Crippen LogP contribution in [0, 0.1) is 12.8 Å². The zero-order chi connectivity index (χ0) is 19.2. The third-order valence-electron chi connectivity index (χ3n) is 5.63. The highest BCUT2D eigenvalue weighted by atomic mass is 16.5. The molecule has 1 atom stereocenters. The van der Waals surface area contributed by atoms with E-state index in [1.165, 1.54) is 5.69 Å². The number of carbonyl (C=O) groups excluding carboxylic acids is 1. The molecule has 5 heteroatoms. The second-order valence-electron chi connectivity index (χ2n) is 7.39. The Morgan fingerprint density at radius 3 is 2.59 bits per heavy atom. The van der Waals surface area contributed by atoms with Gasteiger partial charge in [0.15, 0.2) is 0 Å². The molecule has 0 radical (unpaired) electrons. The molecular formula is C22H29N3O2. The quantitative estimate of drug-likeness (QED) is 0.828. The first-order valence-electron chi connectivity index (χ1n) is 9.85. The molecule has 2 aromatic rings. The monoisotopic (exact) mass is 367 g/mol. The molecule has 144 valence electrons. The number of nitrogens with zero attached hydrogens (tertiary/aromatic N) is 2. The van der Waals surface area contributed by atoms with E-state index in [-0.39, 0.29) is 11.9 Å². The summed E-state index contributed by atoms with van der Waals surface area (Å²) in [5.74, 6) is 1.52. The molecule has 27 heavy (non-hydrogen) atoms. The number of amides is 1. The lowest BCUT2D eigenvalue weighted by Gasteiger charge is -2.34. The Morgan fingerprint density at radius 1 is 1.22 bits per heavy atom. The fourth-order valence-corrected chi connectivity index (χ4v) is 4.05. The lowest BCUT2D eigenvalue weighted by Crippen LogP contribution is -2.41. The normalized spacial score (nSPS) is 20.7. The maximum Gasteiger partial charge on any atom is 0.253 e. The largest absolute Gasteiger partial charge is 0.481 e. The van der Waals surface area contributed by atoms with Crippen LogP contribution in [0.3, 0.4) is 0 Å². The van der Waals surface area contributed by atoms with Gasteiger partial charge in [0.1, 0.15) is 0 Å². The fraction of sp³-hybridized carbons (Fsp3) is 0.500. The van der Waals surface area contributed by atoms with Gasteiger partial charge >= 0.3 is 0 Å². The molecule has 0 saturated heterocycles. The molecule has 1 unspecified atom stereocenters. The van der Waals surface area contributed by atoms with Gasteiger partial charge in [-0.3, -0.25) is 9.78 Å². The molecule has 0 bridgehead atoms. The lowest BCUT2D eigenvalue weighted by molar-refractivity contribution is 0.0908. The second kappa shape index (κ2) is 8.98. The van der Waals surface area contributed by atoms with Crippen molar-refractivity contribution in [3.63, 3.8) is 0 Å². The smallest absolute Gasteiger partial charge is 0.253 e. The van der Waals surface area contributed by atoms with Crippen LogP contribution in [0.4, 0.5) is 0 Å². The molecule has 1 N–H and O–H groups in total. The van der Waals surface area contributed by atoms with Gasteiger partial charge in [0.2, 0.25) is 5.88 Å². The minimum absolute atomic E-state index is 0.0560. The van der Waals surface area contributed by atoms with Crippen LogP contribution < -0.4 is 10.1 Å². The van der Waals surface area contributed by atoms with Crippen molar-refractivity contribution in [2.24, 2.45) is 5.92 Å². The summed E-state index contributed by atoms with van der Waals surface area (Å²) in [6.45, 7) is 4.19. The molecule has 2 aromatic heterocycles. The van der Waals surface area contributed by atoms with Crippen molar-refractivity contribution in [3.05, 3.63) is 53.5 Å². The Kier molecular flexibility index (Phi) is 6.43. The van der Waals surface area contributed by atoms with Crippen LogP contribution in [-0.4, -0.2) is 29.0 Å². The SMILES string of the molecule is CCC(NC(=O)c1ccc(OC)nc1)C1CCC(c2cccc(C)n2)CC1. The van der Waals surface area contributed by atoms with Crippen LogP contribution in [0.2, 0.25) is 0 Å². The van der Waals surface area contributed by atoms with E-state index >= 15 is 0 Å². The zero-order valence-electron chi connectivity index (χ0n) is 16.4. The van der Waals surface area contributed by atoms with Gasteiger partial charge in [-0.05, 0) is 63.1 Å². The predicted molar refractivity (Wildman–Crippen MR) is 106 cm³/mol. The number of ether oxygens (including phenoxy) is 1. The number of pyridine rings is 2. The van der Waals surface area contributed by atoms with Crippen LogP contribution in [0.15, 0.2) is 36.5 Å². The van der Waals surface area contributed by atoms with Crippen molar-refractivity contribution in [1.29, 1.82) is 0 Å². The van der Waals surface area contributed by atoms with Gasteiger partial charge < -0.3 is 10.1 Å². The van der Waals surface area contributed by atoms with E-state index in [0.29, 0.717) is 23.3 Å². The number of carbonyl (C=O) groups is 1. The zero-order valence-corrected chi connectivity index (χ0v) is 16.4. The predicted octanol–water partition coefficient (Wildman–Crippen LogP) is 4.28. The number of rotatable bonds is 6. The summed E-state index contributed by atoms with van der Waals surface area (Å²) >= 11 is 0. The van der Waals surface area contributed by atoms with Gasteiger partial charge in [0.05, 0.1) is 12.7 Å². The number of aromatic nitrogens is 2. The maximum atomic E-state index is 12.6. The molecule has 1 saturated carbocycles. The van der Waals surface area contributed by atoms with Crippen molar-refractivity contribution in [1.82, 2.24) is 15.3 Å². The minimum atomic E-state index is -0.0560.